The van der Waals surface area contributed by atoms with Crippen LogP contribution in [0.5, 0.6) is 5.75 Å². The maximum Gasteiger partial charge on any atom is 0.311 e. The van der Waals surface area contributed by atoms with Crippen molar-refractivity contribution >= 4 is 47.4 Å². The van der Waals surface area contributed by atoms with Crippen LogP contribution in [0.25, 0.3) is 0 Å². The molecule has 3 aliphatic rings. The normalized spacial score (nSPS) is 26.4. The summed E-state index contributed by atoms with van der Waals surface area (Å²) in [5.74, 6) is -16.9. The lowest BCUT2D eigenvalue weighted by molar-refractivity contribution is -0.255. The van der Waals surface area contributed by atoms with Crippen LogP contribution < -0.4 is 20.7 Å². The van der Waals surface area contributed by atoms with E-state index in [1.54, 1.807) is 0 Å². The fourth-order valence-corrected chi connectivity index (χ4v) is 11.3. The van der Waals surface area contributed by atoms with Gasteiger partial charge in [0.05, 0.1) is 71.2 Å². The van der Waals surface area contributed by atoms with E-state index < -0.39 is 102 Å². The summed E-state index contributed by atoms with van der Waals surface area (Å²) in [4.78, 5) is 100. The third kappa shape index (κ3) is 27.6. The van der Waals surface area contributed by atoms with Gasteiger partial charge in [-0.15, -0.1) is 0 Å². The van der Waals surface area contributed by atoms with Crippen molar-refractivity contribution in [2.24, 2.45) is 53.3 Å². The Kier molecular flexibility index (Phi) is 36.6. The van der Waals surface area contributed by atoms with Crippen molar-refractivity contribution in [2.75, 3.05) is 92.4 Å². The smallest absolute Gasteiger partial charge is 0.311 e. The minimum atomic E-state index is -2.45. The molecule has 4 rings (SSSR count). The number of hydrogen-bond acceptors (Lipinski definition) is 21. The zero-order valence-corrected chi connectivity index (χ0v) is 57.8. The summed E-state index contributed by atoms with van der Waals surface area (Å²) in [6, 6.07) is 0. The third-order valence-corrected chi connectivity index (χ3v) is 18.5. The molecule has 3 amide bonds. The van der Waals surface area contributed by atoms with Crippen molar-refractivity contribution in [2.45, 2.75) is 196 Å². The molecule has 0 radical (unpaired) electrons. The first kappa shape index (κ1) is 82.9. The van der Waals surface area contributed by atoms with E-state index in [1.807, 2.05) is 41.5 Å². The van der Waals surface area contributed by atoms with Crippen LogP contribution in [0.2, 0.25) is 0 Å². The topological polar surface area (TPSA) is 293 Å². The molecule has 1 aromatic carbocycles. The Hall–Kier alpha value is -5.53. The van der Waals surface area contributed by atoms with Crippen molar-refractivity contribution in [3.05, 3.63) is 29.1 Å². The predicted octanol–water partition coefficient (Wildman–Crippen LogP) is 7.92. The molecule has 3 aliphatic heterocycles. The molecular formula is C67H104F5N3O21. The number of benzene rings is 1. The van der Waals surface area contributed by atoms with E-state index in [0.29, 0.717) is 32.3 Å². The van der Waals surface area contributed by atoms with E-state index in [9.17, 15) is 60.3 Å². The largest absolute Gasteiger partial charge is 0.463 e. The van der Waals surface area contributed by atoms with Crippen LogP contribution in [0.3, 0.4) is 0 Å². The summed E-state index contributed by atoms with van der Waals surface area (Å²) in [5, 5.41) is 8.43. The molecule has 24 nitrogen and oxygen atoms in total. The second-order valence-corrected chi connectivity index (χ2v) is 25.7. The number of unbranched alkanes of at least 4 members (excludes halogenated alkanes) is 1. The van der Waals surface area contributed by atoms with Gasteiger partial charge in [-0.25, -0.2) is 13.2 Å². The first-order chi connectivity index (χ1) is 45.5. The molecule has 3 N–H and O–H groups in total. The van der Waals surface area contributed by atoms with Gasteiger partial charge in [0.25, 0.3) is 0 Å². The molecule has 1 aromatic rings. The van der Waals surface area contributed by atoms with Gasteiger partial charge in [0.15, 0.2) is 18.9 Å². The molecule has 0 aliphatic carbocycles. The highest BCUT2D eigenvalue weighted by molar-refractivity contribution is 5.79. The van der Waals surface area contributed by atoms with E-state index >= 15 is 0 Å². The number of ketones is 1. The maximum atomic E-state index is 14.3. The van der Waals surface area contributed by atoms with Crippen LogP contribution in [-0.2, 0) is 95.2 Å². The summed E-state index contributed by atoms with van der Waals surface area (Å²) in [6.07, 6.45) is -2.60. The number of carbonyl (C=O) groups excluding carboxylic acids is 8. The molecule has 6 unspecified atom stereocenters. The first-order valence-corrected chi connectivity index (χ1v) is 33.5. The van der Waals surface area contributed by atoms with Gasteiger partial charge in [-0.1, -0.05) is 62.3 Å². The zero-order chi connectivity index (χ0) is 71.2. The number of hydrogen-bond donors (Lipinski definition) is 3. The minimum absolute atomic E-state index is 0.0347. The summed E-state index contributed by atoms with van der Waals surface area (Å²) in [7, 11) is 0. The van der Waals surface area contributed by atoms with Gasteiger partial charge < -0.3 is 77.5 Å². The highest BCUT2D eigenvalue weighted by atomic mass is 19.2. The second kappa shape index (κ2) is 42.4. The van der Waals surface area contributed by atoms with Gasteiger partial charge in [-0.3, -0.25) is 38.4 Å². The number of nitrogens with one attached hydrogen (secondary N) is 3. The molecule has 0 bridgehead atoms. The second-order valence-electron chi connectivity index (χ2n) is 25.7. The number of halogens is 5. The minimum Gasteiger partial charge on any atom is -0.463 e. The Labute approximate surface area is 560 Å². The molecule has 3 saturated heterocycles. The highest BCUT2D eigenvalue weighted by Gasteiger charge is 2.43. The number of rotatable bonds is 43. The van der Waals surface area contributed by atoms with Crippen molar-refractivity contribution in [1.82, 2.24) is 16.0 Å². The average molecular weight is 1380 g/mol. The van der Waals surface area contributed by atoms with Crippen LogP contribution in [0, 0.1) is 82.3 Å². The van der Waals surface area contributed by atoms with Crippen LogP contribution in [0.1, 0.15) is 154 Å². The van der Waals surface area contributed by atoms with Crippen molar-refractivity contribution in [1.29, 1.82) is 0 Å². The molecule has 3 heterocycles. The average Bonchev–Trinajstić information content (AvgIpc) is 0.818. The Morgan fingerprint density at radius 1 is 0.396 bits per heavy atom. The van der Waals surface area contributed by atoms with E-state index in [4.69, 9.17) is 56.8 Å². The van der Waals surface area contributed by atoms with Gasteiger partial charge >= 0.3 is 23.9 Å². The summed E-state index contributed by atoms with van der Waals surface area (Å²) in [5.41, 5.74) is -1.62. The van der Waals surface area contributed by atoms with Crippen LogP contribution in [0.4, 0.5) is 22.0 Å². The molecule has 0 aromatic heterocycles. The van der Waals surface area contributed by atoms with Crippen LogP contribution in [0.15, 0.2) is 0 Å². The Morgan fingerprint density at radius 2 is 0.760 bits per heavy atom. The van der Waals surface area contributed by atoms with Crippen LogP contribution >= 0.6 is 0 Å². The SMILES string of the molecule is CC(=O)OCC1O[C@@H](OCCCCC(=O)CCOCC(COCCC(=O)NCCCO[C@@H]2OC(COC(C)=O)[C@H](C)C(C)[C@@H]2C)(COCCC(=O)NCCCO[C@@H]2OC(COC(C)=O)[C@H](C)C(C)[C@@H]2C)NC(=O)CCCC(=O)Oc2c(F)c(F)c(F)c(F)c2F)[C@@H](C)C(C)[C@H]1C. The summed E-state index contributed by atoms with van der Waals surface area (Å²) in [6.45, 7) is 22.3. The van der Waals surface area contributed by atoms with E-state index in [2.05, 4.69) is 41.5 Å². The highest BCUT2D eigenvalue weighted by Crippen LogP contribution is 2.39. The molecular weight excluding hydrogens is 1280 g/mol. The number of Topliss-reactive ketones (excluding diaryl/α,β-unsaturated/α-hetero) is 1. The molecule has 3 fully saturated rings. The maximum absolute atomic E-state index is 14.3. The van der Waals surface area contributed by atoms with Crippen molar-refractivity contribution in [3.63, 3.8) is 0 Å². The fraction of sp³-hybridized carbons (Fsp3) is 0.791. The standard InChI is InChI=1S/C67H104F5N3O21/c1-38-41(4)51(32-90-47(10)76)93-64(44(38)7)87-26-14-13-18-50(79)21-29-84-35-67(75-56(82)19-15-20-57(83)96-63-61(71)59(69)58(68)60(70)62(63)72,36-85-30-22-54(80)73-24-16-27-88-65-45(8)39(2)42(5)52(94-65)33-91-48(11)77)37-86-31-23-55(81)74-25-17-28-89-66-46(9)40(3)43(6)53(95-66)34-92-49(12)78/h38-46,51-53,64-66H,13-37H2,1-12H3,(H,73,80)(H,74,81)(H,75,82)/t38?,39?,40?,41-,42-,43-,44+,45+,46+,51?,52?,53?,64-,65-,66-,67?/m1/s1. The fourth-order valence-electron chi connectivity index (χ4n) is 11.3. The quantitative estimate of drug-likeness (QED) is 0.0106. The molecule has 15 atom stereocenters. The van der Waals surface area contributed by atoms with Gasteiger partial charge in [0, 0.05) is 96.7 Å². The number of esters is 4. The lowest BCUT2D eigenvalue weighted by Gasteiger charge is -2.43. The number of ether oxygens (including phenoxy) is 13. The van der Waals surface area contributed by atoms with Crippen molar-refractivity contribution < 1.29 is 122 Å². The van der Waals surface area contributed by atoms with Crippen LogP contribution in [-0.4, -0.2) is 182 Å². The van der Waals surface area contributed by atoms with Gasteiger partial charge in [-0.2, -0.15) is 8.78 Å². The van der Waals surface area contributed by atoms with Gasteiger partial charge in [0.1, 0.15) is 31.1 Å². The summed E-state index contributed by atoms with van der Waals surface area (Å²) < 4.78 is 145. The van der Waals surface area contributed by atoms with E-state index in [1.165, 1.54) is 20.8 Å². The Bertz CT molecular complexity index is 2420. The lowest BCUT2D eigenvalue weighted by atomic mass is 9.79. The number of amides is 3. The number of carbonyl (C=O) groups is 8. The van der Waals surface area contributed by atoms with E-state index in [0.717, 1.165) is 0 Å². The first-order valence-electron chi connectivity index (χ1n) is 33.5. The molecule has 96 heavy (non-hydrogen) atoms. The molecule has 0 spiro atoms. The Balaban J connectivity index is 1.40. The van der Waals surface area contributed by atoms with Gasteiger partial charge in [-0.05, 0) is 67.6 Å². The zero-order valence-electron chi connectivity index (χ0n) is 57.8. The third-order valence-electron chi connectivity index (χ3n) is 18.5. The monoisotopic (exact) mass is 1380 g/mol. The van der Waals surface area contributed by atoms with Gasteiger partial charge in [0.2, 0.25) is 52.6 Å². The van der Waals surface area contributed by atoms with Crippen molar-refractivity contribution in [3.8, 4) is 5.75 Å². The lowest BCUT2D eigenvalue weighted by Crippen LogP contribution is -2.58. The molecule has 29 heteroatoms. The molecule has 0 saturated carbocycles. The Morgan fingerprint density at radius 3 is 1.15 bits per heavy atom. The van der Waals surface area contributed by atoms with E-state index in [-0.39, 0.29) is 207 Å². The molecule has 548 valence electrons. The predicted molar refractivity (Wildman–Crippen MR) is 333 cm³/mol. The summed E-state index contributed by atoms with van der Waals surface area (Å²) >= 11 is 0.